The van der Waals surface area contributed by atoms with Crippen molar-refractivity contribution in [2.75, 3.05) is 5.43 Å². The minimum Gasteiger partial charge on any atom is -0.348 e. The number of hydrogen-bond acceptors (Lipinski definition) is 5. The molecule has 6 heteroatoms. The summed E-state index contributed by atoms with van der Waals surface area (Å²) in [5, 5.41) is 3.07. The topological polar surface area (TPSA) is 92.9 Å². The zero-order chi connectivity index (χ0) is 15.6. The molecule has 1 unspecified atom stereocenters. The van der Waals surface area contributed by atoms with Crippen LogP contribution in [-0.2, 0) is 0 Å². The summed E-state index contributed by atoms with van der Waals surface area (Å²) in [6.45, 7) is 8.44. The Labute approximate surface area is 125 Å². The number of rotatable bonds is 4. The third-order valence-corrected chi connectivity index (χ3v) is 4.00. The zero-order valence-corrected chi connectivity index (χ0v) is 13.2. The summed E-state index contributed by atoms with van der Waals surface area (Å²) in [6.07, 6.45) is 4.69. The number of nitrogens with zero attached hydrogens (tertiary/aromatic N) is 2. The Kier molecular flexibility index (Phi) is 4.46. The normalized spacial score (nSPS) is 20.6. The van der Waals surface area contributed by atoms with Crippen LogP contribution in [0.4, 0.5) is 5.69 Å². The molecule has 1 atom stereocenters. The van der Waals surface area contributed by atoms with Crippen LogP contribution in [0.2, 0.25) is 0 Å². The summed E-state index contributed by atoms with van der Waals surface area (Å²) >= 11 is 0. The monoisotopic (exact) mass is 291 g/mol. The van der Waals surface area contributed by atoms with E-state index in [1.165, 1.54) is 0 Å². The van der Waals surface area contributed by atoms with E-state index in [4.69, 9.17) is 5.84 Å². The maximum absolute atomic E-state index is 12.5. The first-order valence-corrected chi connectivity index (χ1v) is 7.47. The van der Waals surface area contributed by atoms with E-state index in [0.29, 0.717) is 22.6 Å². The number of anilines is 1. The minimum atomic E-state index is -0.185. The van der Waals surface area contributed by atoms with Crippen LogP contribution in [-0.4, -0.2) is 21.9 Å². The van der Waals surface area contributed by atoms with Crippen molar-refractivity contribution >= 4 is 11.6 Å². The van der Waals surface area contributed by atoms with Crippen molar-refractivity contribution in [3.63, 3.8) is 0 Å². The molecule has 1 aliphatic carbocycles. The third-order valence-electron chi connectivity index (χ3n) is 4.00. The van der Waals surface area contributed by atoms with Gasteiger partial charge < -0.3 is 10.7 Å². The molecule has 6 nitrogen and oxygen atoms in total. The van der Waals surface area contributed by atoms with Crippen molar-refractivity contribution in [3.05, 3.63) is 17.7 Å². The standard InChI is InChI=1S/C15H25N5O/c1-9(2)13-17-8-11(20-16)12(19-13)14(21)18-10-5-6-15(3,4)7-10/h8-10,20H,5-7,16H2,1-4H3,(H,18,21). The van der Waals surface area contributed by atoms with Gasteiger partial charge in [-0.05, 0) is 24.7 Å². The van der Waals surface area contributed by atoms with Gasteiger partial charge in [-0.2, -0.15) is 0 Å². The minimum absolute atomic E-state index is 0.161. The smallest absolute Gasteiger partial charge is 0.272 e. The van der Waals surface area contributed by atoms with Gasteiger partial charge >= 0.3 is 0 Å². The van der Waals surface area contributed by atoms with Gasteiger partial charge in [-0.15, -0.1) is 0 Å². The molecule has 0 saturated heterocycles. The van der Waals surface area contributed by atoms with Crippen LogP contribution in [0.15, 0.2) is 6.20 Å². The highest BCUT2D eigenvalue weighted by Gasteiger charge is 2.32. The SMILES string of the molecule is CC(C)c1ncc(NN)c(C(=O)NC2CCC(C)(C)C2)n1. The molecule has 1 saturated carbocycles. The Morgan fingerprint density at radius 1 is 1.48 bits per heavy atom. The fraction of sp³-hybridized carbons (Fsp3) is 0.667. The van der Waals surface area contributed by atoms with Gasteiger partial charge in [0.2, 0.25) is 0 Å². The molecule has 0 aromatic carbocycles. The van der Waals surface area contributed by atoms with Crippen molar-refractivity contribution in [1.29, 1.82) is 0 Å². The number of hydrogen-bond donors (Lipinski definition) is 3. The van der Waals surface area contributed by atoms with Crippen LogP contribution in [0.25, 0.3) is 0 Å². The molecular formula is C15H25N5O. The molecule has 1 aliphatic rings. The number of nitrogens with one attached hydrogen (secondary N) is 2. The van der Waals surface area contributed by atoms with Gasteiger partial charge in [0.25, 0.3) is 5.91 Å². The second-order valence-corrected chi connectivity index (χ2v) is 6.87. The Morgan fingerprint density at radius 3 is 2.71 bits per heavy atom. The second kappa shape index (κ2) is 5.97. The van der Waals surface area contributed by atoms with Crippen molar-refractivity contribution in [1.82, 2.24) is 15.3 Å². The largest absolute Gasteiger partial charge is 0.348 e. The maximum Gasteiger partial charge on any atom is 0.272 e. The Bertz CT molecular complexity index is 527. The van der Waals surface area contributed by atoms with Gasteiger partial charge in [0.05, 0.1) is 11.9 Å². The molecular weight excluding hydrogens is 266 g/mol. The summed E-state index contributed by atoms with van der Waals surface area (Å²) in [5.74, 6) is 6.08. The van der Waals surface area contributed by atoms with Crippen molar-refractivity contribution < 1.29 is 4.79 Å². The average Bonchev–Trinajstić information content (AvgIpc) is 2.76. The number of hydrazine groups is 1. The summed E-state index contributed by atoms with van der Waals surface area (Å²) < 4.78 is 0. The Hall–Kier alpha value is -1.69. The Balaban J connectivity index is 2.16. The summed E-state index contributed by atoms with van der Waals surface area (Å²) in [5.41, 5.74) is 3.56. The van der Waals surface area contributed by atoms with E-state index in [9.17, 15) is 4.79 Å². The van der Waals surface area contributed by atoms with Crippen LogP contribution in [0.1, 0.15) is 69.2 Å². The van der Waals surface area contributed by atoms with Gasteiger partial charge in [-0.3, -0.25) is 10.6 Å². The van der Waals surface area contributed by atoms with Gasteiger partial charge in [0.15, 0.2) is 5.69 Å². The van der Waals surface area contributed by atoms with Crippen LogP contribution in [0, 0.1) is 5.41 Å². The first-order chi connectivity index (χ1) is 9.82. The lowest BCUT2D eigenvalue weighted by Gasteiger charge is -2.18. The van der Waals surface area contributed by atoms with Crippen molar-refractivity contribution in [2.24, 2.45) is 11.3 Å². The highest BCUT2D eigenvalue weighted by Crippen LogP contribution is 2.37. The lowest BCUT2D eigenvalue weighted by molar-refractivity contribution is 0.0931. The highest BCUT2D eigenvalue weighted by molar-refractivity contribution is 5.97. The molecule has 2 rings (SSSR count). The highest BCUT2D eigenvalue weighted by atomic mass is 16.2. The lowest BCUT2D eigenvalue weighted by atomic mass is 9.92. The van der Waals surface area contributed by atoms with Gasteiger partial charge in [0, 0.05) is 12.0 Å². The Morgan fingerprint density at radius 2 is 2.19 bits per heavy atom. The van der Waals surface area contributed by atoms with Crippen molar-refractivity contribution in [3.8, 4) is 0 Å². The zero-order valence-electron chi connectivity index (χ0n) is 13.2. The molecule has 0 aliphatic heterocycles. The van der Waals surface area contributed by atoms with E-state index in [0.717, 1.165) is 19.3 Å². The molecule has 1 heterocycles. The summed E-state index contributed by atoms with van der Waals surface area (Å²) in [7, 11) is 0. The predicted octanol–water partition coefficient (Wildman–Crippen LogP) is 2.19. The second-order valence-electron chi connectivity index (χ2n) is 6.87. The van der Waals surface area contributed by atoms with Crippen molar-refractivity contribution in [2.45, 2.75) is 58.9 Å². The predicted molar refractivity (Wildman–Crippen MR) is 82.8 cm³/mol. The molecule has 0 radical (unpaired) electrons. The molecule has 4 N–H and O–H groups in total. The molecule has 1 aromatic rings. The van der Waals surface area contributed by atoms with E-state index >= 15 is 0 Å². The quantitative estimate of drug-likeness (QED) is 0.584. The molecule has 1 amide bonds. The molecule has 1 aromatic heterocycles. The molecule has 1 fully saturated rings. The average molecular weight is 291 g/mol. The molecule has 116 valence electrons. The fourth-order valence-corrected chi connectivity index (χ4v) is 2.77. The number of nitrogen functional groups attached to an aromatic ring is 1. The number of carbonyl (C=O) groups is 1. The van der Waals surface area contributed by atoms with Gasteiger partial charge in [-0.1, -0.05) is 27.7 Å². The maximum atomic E-state index is 12.5. The number of carbonyl (C=O) groups excluding carboxylic acids is 1. The third kappa shape index (κ3) is 3.69. The van der Waals surface area contributed by atoms with Crippen LogP contribution in [0.3, 0.4) is 0 Å². The van der Waals surface area contributed by atoms with Crippen LogP contribution in [0.5, 0.6) is 0 Å². The number of nitrogens with two attached hydrogens (primary N) is 1. The summed E-state index contributed by atoms with van der Waals surface area (Å²) in [6, 6.07) is 0.204. The van der Waals surface area contributed by atoms with Crippen LogP contribution < -0.4 is 16.6 Å². The van der Waals surface area contributed by atoms with Gasteiger partial charge in [0.1, 0.15) is 5.82 Å². The molecule has 0 bridgehead atoms. The van der Waals surface area contributed by atoms with Crippen LogP contribution >= 0.6 is 0 Å². The lowest BCUT2D eigenvalue weighted by Crippen LogP contribution is -2.35. The van der Waals surface area contributed by atoms with E-state index in [1.807, 2.05) is 13.8 Å². The van der Waals surface area contributed by atoms with E-state index in [-0.39, 0.29) is 17.9 Å². The van der Waals surface area contributed by atoms with E-state index < -0.39 is 0 Å². The fourth-order valence-electron chi connectivity index (χ4n) is 2.77. The summed E-state index contributed by atoms with van der Waals surface area (Å²) in [4.78, 5) is 21.0. The number of amides is 1. The van der Waals surface area contributed by atoms with E-state index in [1.54, 1.807) is 6.20 Å². The first kappa shape index (κ1) is 15.7. The van der Waals surface area contributed by atoms with Gasteiger partial charge in [-0.25, -0.2) is 9.97 Å². The number of aromatic nitrogens is 2. The molecule has 0 spiro atoms. The molecule has 21 heavy (non-hydrogen) atoms. The first-order valence-electron chi connectivity index (χ1n) is 7.47. The van der Waals surface area contributed by atoms with E-state index in [2.05, 4.69) is 34.6 Å².